The fraction of sp³-hybridized carbons (Fsp3) is 1.00. The highest BCUT2D eigenvalue weighted by Gasteiger charge is 2.57. The quantitative estimate of drug-likeness (QED) is 0.429. The molecule has 0 saturated carbocycles. The Balaban J connectivity index is 1.76. The van der Waals surface area contributed by atoms with Gasteiger partial charge in [0.1, 0.15) is 6.23 Å². The van der Waals surface area contributed by atoms with Gasteiger partial charge in [0.05, 0.1) is 12.1 Å². The molecule has 3 aliphatic rings. The molecule has 3 saturated heterocycles. The number of aliphatic hydroxyl groups is 1. The van der Waals surface area contributed by atoms with E-state index >= 15 is 0 Å². The first-order valence-corrected chi connectivity index (χ1v) is 3.69. The van der Waals surface area contributed by atoms with Crippen molar-refractivity contribution in [2.75, 3.05) is 13.1 Å². The molecule has 5 atom stereocenters. The van der Waals surface area contributed by atoms with E-state index in [9.17, 15) is 5.11 Å². The lowest BCUT2D eigenvalue weighted by atomic mass is 10.4. The van der Waals surface area contributed by atoms with Crippen LogP contribution < -0.4 is 5.32 Å². The van der Waals surface area contributed by atoms with Crippen LogP contribution in [0.25, 0.3) is 0 Å². The third-order valence-electron chi connectivity index (χ3n) is 2.41. The van der Waals surface area contributed by atoms with Gasteiger partial charge in [0.15, 0.2) is 6.29 Å². The van der Waals surface area contributed by atoms with Gasteiger partial charge >= 0.3 is 0 Å². The minimum atomic E-state index is -0.521. The van der Waals surface area contributed by atoms with Gasteiger partial charge in [-0.3, -0.25) is 4.90 Å². The Bertz CT molecular complexity index is 171. The maximum absolute atomic E-state index is 9.19. The Hall–Kier alpha value is -0.160. The molecule has 3 fully saturated rings. The number of hydrogen-bond acceptors (Lipinski definition) is 4. The number of fused-ring (bicyclic) bond motifs is 1. The Morgan fingerprint density at radius 3 is 2.80 bits per heavy atom. The van der Waals surface area contributed by atoms with E-state index in [1.807, 2.05) is 0 Å². The van der Waals surface area contributed by atoms with E-state index in [2.05, 4.69) is 10.2 Å². The molecule has 0 aliphatic carbocycles. The van der Waals surface area contributed by atoms with Gasteiger partial charge in [0, 0.05) is 13.1 Å². The Kier molecular flexibility index (Phi) is 0.840. The molecule has 3 heterocycles. The highest BCUT2D eigenvalue weighted by Crippen LogP contribution is 2.36. The third kappa shape index (κ3) is 0.594. The lowest BCUT2D eigenvalue weighted by molar-refractivity contribution is -0.111. The predicted octanol–water partition coefficient (Wildman–Crippen LogP) is -1.68. The predicted molar refractivity (Wildman–Crippen MR) is 33.2 cm³/mol. The number of nitrogens with one attached hydrogen (secondary N) is 1. The summed E-state index contributed by atoms with van der Waals surface area (Å²) in [6.07, 6.45) is -0.354. The van der Waals surface area contributed by atoms with E-state index in [4.69, 9.17) is 4.74 Å². The zero-order chi connectivity index (χ0) is 6.72. The third-order valence-corrected chi connectivity index (χ3v) is 2.41. The van der Waals surface area contributed by atoms with Gasteiger partial charge in [-0.2, -0.15) is 0 Å². The van der Waals surface area contributed by atoms with Crippen LogP contribution in [0, 0.1) is 0 Å². The zero-order valence-corrected chi connectivity index (χ0v) is 5.53. The van der Waals surface area contributed by atoms with Gasteiger partial charge in [0.25, 0.3) is 0 Å². The molecule has 0 amide bonds. The average Bonchev–Trinajstić information content (AvgIpc) is 2.81. The largest absolute Gasteiger partial charge is 0.366 e. The fourth-order valence-electron chi connectivity index (χ4n) is 1.62. The Morgan fingerprint density at radius 1 is 1.60 bits per heavy atom. The van der Waals surface area contributed by atoms with E-state index in [1.165, 1.54) is 0 Å². The molecule has 3 unspecified atom stereocenters. The molecule has 56 valence electrons. The number of aliphatic hydroxyl groups excluding tert-OH is 1. The molecule has 3 aliphatic heterocycles. The van der Waals surface area contributed by atoms with Crippen molar-refractivity contribution in [1.82, 2.24) is 10.2 Å². The highest BCUT2D eigenvalue weighted by atomic mass is 16.6. The second-order valence-electron chi connectivity index (χ2n) is 3.20. The summed E-state index contributed by atoms with van der Waals surface area (Å²) in [6, 6.07) is 0.801. The average molecular weight is 142 g/mol. The van der Waals surface area contributed by atoms with Crippen LogP contribution in [-0.4, -0.2) is 47.7 Å². The van der Waals surface area contributed by atoms with E-state index in [0.29, 0.717) is 12.1 Å². The van der Waals surface area contributed by atoms with Crippen molar-refractivity contribution in [3.05, 3.63) is 0 Å². The van der Waals surface area contributed by atoms with Crippen LogP contribution in [0.2, 0.25) is 0 Å². The van der Waals surface area contributed by atoms with Crippen molar-refractivity contribution in [3.8, 4) is 0 Å². The van der Waals surface area contributed by atoms with Crippen molar-refractivity contribution in [1.29, 1.82) is 0 Å². The highest BCUT2D eigenvalue weighted by molar-refractivity contribution is 5.06. The standard InChI is InChI=1S/C6H10N2O2/c9-6-4-2-8(4)5(10-6)3-1-7-3/h3-7,9H,1-2H2/t3-,4?,5?,6-,8?/m0/s1. The van der Waals surface area contributed by atoms with Crippen molar-refractivity contribution in [2.45, 2.75) is 24.6 Å². The van der Waals surface area contributed by atoms with Gasteiger partial charge in [-0.05, 0) is 0 Å². The topological polar surface area (TPSA) is 54.4 Å². The second-order valence-corrected chi connectivity index (χ2v) is 3.20. The van der Waals surface area contributed by atoms with Crippen molar-refractivity contribution < 1.29 is 9.84 Å². The summed E-state index contributed by atoms with van der Waals surface area (Å²) in [7, 11) is 0. The second kappa shape index (κ2) is 1.53. The summed E-state index contributed by atoms with van der Waals surface area (Å²) in [4.78, 5) is 2.19. The van der Waals surface area contributed by atoms with E-state index in [0.717, 1.165) is 13.1 Å². The lowest BCUT2D eigenvalue weighted by Gasteiger charge is -2.11. The van der Waals surface area contributed by atoms with Crippen molar-refractivity contribution in [2.24, 2.45) is 0 Å². The summed E-state index contributed by atoms with van der Waals surface area (Å²) >= 11 is 0. The molecule has 0 aromatic rings. The number of hydrogen-bond donors (Lipinski definition) is 2. The number of ether oxygens (including phenoxy) is 1. The summed E-state index contributed by atoms with van der Waals surface area (Å²) in [6.45, 7) is 2.06. The molecular weight excluding hydrogens is 132 g/mol. The molecule has 3 rings (SSSR count). The summed E-state index contributed by atoms with van der Waals surface area (Å²) in [5.41, 5.74) is 0. The molecule has 0 aromatic heterocycles. The molecule has 10 heavy (non-hydrogen) atoms. The van der Waals surface area contributed by atoms with Crippen LogP contribution in [-0.2, 0) is 4.74 Å². The smallest absolute Gasteiger partial charge is 0.173 e. The van der Waals surface area contributed by atoms with Crippen molar-refractivity contribution >= 4 is 0 Å². The molecule has 0 spiro atoms. The maximum atomic E-state index is 9.19. The molecule has 0 radical (unpaired) electrons. The van der Waals surface area contributed by atoms with Crippen LogP contribution in [0.3, 0.4) is 0 Å². The zero-order valence-electron chi connectivity index (χ0n) is 5.53. The first kappa shape index (κ1) is 5.49. The fourth-order valence-corrected chi connectivity index (χ4v) is 1.62. The summed E-state index contributed by atoms with van der Waals surface area (Å²) in [5, 5.41) is 12.4. The van der Waals surface area contributed by atoms with Gasteiger partial charge in [-0.25, -0.2) is 0 Å². The van der Waals surface area contributed by atoms with Crippen molar-refractivity contribution in [3.63, 3.8) is 0 Å². The monoisotopic (exact) mass is 142 g/mol. The van der Waals surface area contributed by atoms with Gasteiger partial charge in [0.2, 0.25) is 0 Å². The maximum Gasteiger partial charge on any atom is 0.173 e. The number of nitrogens with zero attached hydrogens (tertiary/aromatic N) is 1. The van der Waals surface area contributed by atoms with E-state index in [-0.39, 0.29) is 6.23 Å². The molecule has 4 heteroatoms. The number of rotatable bonds is 1. The van der Waals surface area contributed by atoms with Gasteiger partial charge in [-0.15, -0.1) is 0 Å². The van der Waals surface area contributed by atoms with Crippen LogP contribution in [0.4, 0.5) is 0 Å². The minimum absolute atomic E-state index is 0.167. The molecule has 0 bridgehead atoms. The lowest BCUT2D eigenvalue weighted by Crippen LogP contribution is -2.27. The molecule has 4 nitrogen and oxygen atoms in total. The van der Waals surface area contributed by atoms with E-state index < -0.39 is 6.29 Å². The SMILES string of the molecule is O[C@H]1OC([C@@H]2CN2)N2CC12. The normalized spacial score (nSPS) is 63.9. The van der Waals surface area contributed by atoms with Crippen LogP contribution in [0.15, 0.2) is 0 Å². The minimum Gasteiger partial charge on any atom is -0.366 e. The van der Waals surface area contributed by atoms with Crippen LogP contribution >= 0.6 is 0 Å². The summed E-state index contributed by atoms with van der Waals surface area (Å²) < 4.78 is 5.27. The van der Waals surface area contributed by atoms with Gasteiger partial charge < -0.3 is 15.2 Å². The molecule has 0 aromatic carbocycles. The molecule has 2 N–H and O–H groups in total. The first-order valence-electron chi connectivity index (χ1n) is 3.69. The summed E-state index contributed by atoms with van der Waals surface area (Å²) in [5.74, 6) is 0. The van der Waals surface area contributed by atoms with Crippen LogP contribution in [0.5, 0.6) is 0 Å². The Labute approximate surface area is 58.8 Å². The first-order chi connectivity index (χ1) is 4.86. The molecular formula is C6H10N2O2. The van der Waals surface area contributed by atoms with Crippen LogP contribution in [0.1, 0.15) is 0 Å². The van der Waals surface area contributed by atoms with Gasteiger partial charge in [-0.1, -0.05) is 0 Å². The Morgan fingerprint density at radius 2 is 2.40 bits per heavy atom. The van der Waals surface area contributed by atoms with E-state index in [1.54, 1.807) is 0 Å².